The summed E-state index contributed by atoms with van der Waals surface area (Å²) in [7, 11) is 2.20. The van der Waals surface area contributed by atoms with E-state index in [-0.39, 0.29) is 5.04 Å². The molecule has 131 heavy (non-hydrogen) atoms. The second kappa shape index (κ2) is 41.3. The SMILES string of the molecule is CCc1cc(-c2c3ccc([Si](C)(C)C(C)(C)c4ccccc4)cc3cc[n+]2C)c(C)c(C)c1C.CCc1cc(-c2c3ccc([Si](C)(C)CC(C)(C)C)cc3cc[n+]2C)c(C)c(C)c1C.CCc1cc(-c2c3ccc([Si](C)(C)Cc4ccccc4)cc3cc[n+]2C)c(C)c(C)c1C.CCc1cc(-c2c3ccc([Si](CC(C)C)(CC(C)C)CC(C)C)cc3cc[n+]2C)c(C)c(C)c1C. The van der Waals surface area contributed by atoms with Crippen molar-refractivity contribution >= 4 is 96.1 Å². The predicted molar refractivity (Wildman–Crippen MR) is 586 cm³/mol. The molecule has 0 amide bonds. The topological polar surface area (TPSA) is 15.5 Å². The molecule has 0 N–H and O–H groups in total. The van der Waals surface area contributed by atoms with Crippen LogP contribution in [0.15, 0.2) is 207 Å². The molecule has 0 spiro atoms. The summed E-state index contributed by atoms with van der Waals surface area (Å²) < 4.78 is 9.23. The van der Waals surface area contributed by atoms with Gasteiger partial charge in [0.2, 0.25) is 22.8 Å². The fourth-order valence-corrected chi connectivity index (χ4v) is 38.4. The van der Waals surface area contributed by atoms with Crippen LogP contribution in [0, 0.1) is 106 Å². The summed E-state index contributed by atoms with van der Waals surface area (Å²) in [6.45, 7) is 78.0. The number of benzene rings is 10. The standard InChI is InChI=1S/C33H50NSi.C32H40NSi.C30H36NSi.C28H40NSi/c1-12-28-18-32(27(10)25(8)26(28)9)33-31-14-13-30(17-29(31)15-16-34(33)11)35(19-22(2)3,20-23(4)5)21-24(6)7;1-10-25-21-30(24(4)22(2)23(25)3)31-29-17-16-28(20-26(29)18-19-33(31)7)34(8,9)32(5,6)27-14-12-11-13-15-27;1-8-25-19-29(23(4)21(2)22(25)3)30-28-15-14-27(18-26(28)16-17-31(30)5)32(6,7)20-24-12-10-9-11-13-24;1-11-22-17-26(21(4)19(2)20(22)3)27-25-13-12-24(16-23(25)14-15-29(27)8)30(9,10)18-28(5,6)7/h13-18,22-24H,12,19-21H2,1-11H3;11-21H,10H2,1-9H3;9-19H,8,20H2,1-7H3;12-17H,11,18H2,1-10H3/q4*+1. The molecule has 0 fully saturated rings. The number of nitrogens with zero attached hydrogens (tertiary/aromatic N) is 4. The first-order valence-electron chi connectivity index (χ1n) is 49.7. The highest BCUT2D eigenvalue weighted by atomic mass is 28.3. The lowest BCUT2D eigenvalue weighted by Crippen LogP contribution is -2.57. The molecule has 14 aromatic rings. The van der Waals surface area contributed by atoms with Gasteiger partial charge in [0.05, 0.1) is 76.1 Å². The lowest BCUT2D eigenvalue weighted by Gasteiger charge is -2.41. The van der Waals surface area contributed by atoms with Gasteiger partial charge >= 0.3 is 0 Å². The third-order valence-electron chi connectivity index (χ3n) is 31.2. The molecule has 0 aliphatic rings. The largest absolute Gasteiger partial charge is 0.220 e. The molecule has 4 nitrogen and oxygen atoms in total. The van der Waals surface area contributed by atoms with E-state index in [0.29, 0.717) is 5.41 Å². The molecule has 0 radical (unpaired) electrons. The van der Waals surface area contributed by atoms with Crippen LogP contribution in [-0.2, 0) is 65.0 Å². The van der Waals surface area contributed by atoms with Crippen LogP contribution in [0.2, 0.25) is 63.5 Å². The molecule has 690 valence electrons. The number of aromatic nitrogens is 4. The van der Waals surface area contributed by atoms with Gasteiger partial charge in [-0.3, -0.25) is 0 Å². The van der Waals surface area contributed by atoms with Gasteiger partial charge in [-0.15, -0.1) is 0 Å². The van der Waals surface area contributed by atoms with E-state index in [1.165, 1.54) is 229 Å². The minimum Gasteiger partial charge on any atom is -0.200 e. The Morgan fingerprint density at radius 1 is 0.290 bits per heavy atom. The maximum atomic E-state index is 2.59. The molecule has 4 aromatic heterocycles. The van der Waals surface area contributed by atoms with Gasteiger partial charge in [0.1, 0.15) is 28.2 Å². The zero-order chi connectivity index (χ0) is 96.4. The Morgan fingerprint density at radius 3 is 0.847 bits per heavy atom. The molecular formula is C123H166N4Si4+4. The smallest absolute Gasteiger partial charge is 0.200 e. The quantitative estimate of drug-likeness (QED) is 0.0448. The molecular weight excluding hydrogens is 1650 g/mol. The van der Waals surface area contributed by atoms with Crippen molar-refractivity contribution in [2.75, 3.05) is 0 Å². The third kappa shape index (κ3) is 21.7. The highest BCUT2D eigenvalue weighted by Crippen LogP contribution is 2.42. The lowest BCUT2D eigenvalue weighted by molar-refractivity contribution is -0.659. The molecule has 14 rings (SSSR count). The molecule has 0 unspecified atom stereocenters. The highest BCUT2D eigenvalue weighted by molar-refractivity contribution is 6.93. The maximum absolute atomic E-state index is 2.59. The number of fused-ring (bicyclic) bond motifs is 4. The van der Waals surface area contributed by atoms with Gasteiger partial charge in [-0.05, 0) is 314 Å². The molecule has 0 aliphatic heterocycles. The average Bonchev–Trinajstić information content (AvgIpc) is 0.758. The van der Waals surface area contributed by atoms with E-state index in [1.807, 2.05) is 0 Å². The van der Waals surface area contributed by atoms with Crippen LogP contribution in [0.1, 0.15) is 204 Å². The van der Waals surface area contributed by atoms with Crippen molar-refractivity contribution in [3.63, 3.8) is 0 Å². The van der Waals surface area contributed by atoms with Gasteiger partial charge in [0.25, 0.3) is 0 Å². The Morgan fingerprint density at radius 2 is 0.557 bits per heavy atom. The first-order chi connectivity index (χ1) is 61.5. The molecule has 0 atom stereocenters. The van der Waals surface area contributed by atoms with Crippen LogP contribution in [0.4, 0.5) is 0 Å². The highest BCUT2D eigenvalue weighted by Gasteiger charge is 2.43. The molecule has 10 aromatic carbocycles. The van der Waals surface area contributed by atoms with E-state index >= 15 is 0 Å². The van der Waals surface area contributed by atoms with Gasteiger partial charge in [0.15, 0.2) is 24.8 Å². The van der Waals surface area contributed by atoms with Crippen molar-refractivity contribution in [1.82, 2.24) is 0 Å². The second-order valence-electron chi connectivity index (χ2n) is 44.4. The van der Waals surface area contributed by atoms with E-state index in [1.54, 1.807) is 10.4 Å². The summed E-state index contributed by atoms with van der Waals surface area (Å²) in [5.41, 5.74) is 37.0. The number of hydrogen-bond donors (Lipinski definition) is 0. The van der Waals surface area contributed by atoms with Gasteiger partial charge in [-0.1, -0.05) is 297 Å². The fraction of sp³-hybridized carbons (Fsp3) is 0.415. The van der Waals surface area contributed by atoms with E-state index in [2.05, 4.69) is 479 Å². The third-order valence-corrected chi connectivity index (χ3v) is 49.7. The molecule has 8 heteroatoms. The Bertz CT molecular complexity index is 6480. The first kappa shape index (κ1) is 102. The van der Waals surface area contributed by atoms with Gasteiger partial charge in [0, 0.05) is 24.3 Å². The Balaban J connectivity index is 0.000000169. The van der Waals surface area contributed by atoms with Crippen LogP contribution >= 0.6 is 0 Å². The van der Waals surface area contributed by atoms with Crippen molar-refractivity contribution in [2.45, 2.75) is 287 Å². The average molecular weight is 1810 g/mol. The minimum atomic E-state index is -1.82. The summed E-state index contributed by atoms with van der Waals surface area (Å²) in [5.74, 6) is 2.22. The normalized spacial score (nSPS) is 12.3. The Kier molecular flexibility index (Phi) is 32.2. The van der Waals surface area contributed by atoms with Crippen LogP contribution in [0.5, 0.6) is 0 Å². The monoisotopic (exact) mass is 1810 g/mol. The molecule has 4 heterocycles. The van der Waals surface area contributed by atoms with Crippen molar-refractivity contribution < 1.29 is 18.3 Å². The summed E-state index contributed by atoms with van der Waals surface area (Å²) in [4.78, 5) is 0. The summed E-state index contributed by atoms with van der Waals surface area (Å²) in [6.07, 6.45) is 13.3. The Labute approximate surface area is 799 Å². The lowest BCUT2D eigenvalue weighted by atomic mass is 9.90. The number of pyridine rings is 4. The van der Waals surface area contributed by atoms with Crippen molar-refractivity contribution in [3.05, 3.63) is 307 Å². The van der Waals surface area contributed by atoms with Crippen molar-refractivity contribution in [2.24, 2.45) is 51.4 Å². The van der Waals surface area contributed by atoms with E-state index in [0.717, 1.165) is 43.4 Å². The first-order valence-corrected chi connectivity index (χ1v) is 61.7. The zero-order valence-electron chi connectivity index (χ0n) is 88.5. The number of rotatable bonds is 23. The van der Waals surface area contributed by atoms with Crippen molar-refractivity contribution in [3.8, 4) is 45.0 Å². The predicted octanol–water partition coefficient (Wildman–Crippen LogP) is 29.0. The van der Waals surface area contributed by atoms with Gasteiger partial charge in [-0.2, -0.15) is 0 Å². The number of aryl methyl sites for hydroxylation is 8. The summed E-state index contributed by atoms with van der Waals surface area (Å²) in [6, 6.07) is 77.0. The second-order valence-corrected chi connectivity index (χ2v) is 63.3. The van der Waals surface area contributed by atoms with Crippen LogP contribution < -0.4 is 39.0 Å². The Hall–Kier alpha value is -9.29. The van der Waals surface area contributed by atoms with Crippen LogP contribution in [0.3, 0.4) is 0 Å². The molecule has 0 aliphatic carbocycles. The molecule has 0 saturated carbocycles. The van der Waals surface area contributed by atoms with E-state index in [9.17, 15) is 0 Å². The number of hydrogen-bond acceptors (Lipinski definition) is 0. The zero-order valence-corrected chi connectivity index (χ0v) is 92.5. The maximum Gasteiger partial charge on any atom is 0.220 e. The van der Waals surface area contributed by atoms with Gasteiger partial charge in [-0.25, -0.2) is 18.3 Å². The van der Waals surface area contributed by atoms with Crippen LogP contribution in [0.25, 0.3) is 88.1 Å². The van der Waals surface area contributed by atoms with Gasteiger partial charge < -0.3 is 0 Å². The molecule has 0 bridgehead atoms. The molecule has 0 saturated heterocycles. The minimum absolute atomic E-state index is 0.130. The summed E-state index contributed by atoms with van der Waals surface area (Å²) in [5, 5.41) is 17.3. The fourth-order valence-electron chi connectivity index (χ4n) is 22.5. The van der Waals surface area contributed by atoms with E-state index < -0.39 is 32.3 Å². The van der Waals surface area contributed by atoms with E-state index in [4.69, 9.17) is 0 Å². The van der Waals surface area contributed by atoms with Crippen molar-refractivity contribution in [1.29, 1.82) is 0 Å². The summed E-state index contributed by atoms with van der Waals surface area (Å²) >= 11 is 0. The van der Waals surface area contributed by atoms with Crippen LogP contribution in [-0.4, -0.2) is 32.3 Å².